The molecule has 0 radical (unpaired) electrons. The van der Waals surface area contributed by atoms with Gasteiger partial charge in [0.25, 0.3) is 0 Å². The number of hydrogen-bond donors (Lipinski definition) is 2. The number of halogens is 1. The molecule has 6 nitrogen and oxygen atoms in total. The van der Waals surface area contributed by atoms with Crippen LogP contribution in [0.5, 0.6) is 0 Å². The number of aromatic nitrogens is 3. The van der Waals surface area contributed by atoms with E-state index in [1.54, 1.807) is 22.8 Å². The van der Waals surface area contributed by atoms with Gasteiger partial charge in [-0.05, 0) is 53.1 Å². The molecule has 2 aromatic carbocycles. The lowest BCUT2D eigenvalue weighted by Crippen LogP contribution is -2.14. The highest BCUT2D eigenvalue weighted by atomic mass is 19.1. The number of amides is 1. The van der Waals surface area contributed by atoms with Gasteiger partial charge >= 0.3 is 0 Å². The molecule has 7 heteroatoms. The van der Waals surface area contributed by atoms with E-state index in [-0.39, 0.29) is 24.1 Å². The van der Waals surface area contributed by atoms with Crippen LogP contribution in [0.3, 0.4) is 0 Å². The monoisotopic (exact) mass is 361 g/mol. The van der Waals surface area contributed by atoms with Crippen LogP contribution in [0.15, 0.2) is 66.9 Å². The van der Waals surface area contributed by atoms with Gasteiger partial charge in [0.15, 0.2) is 5.65 Å². The van der Waals surface area contributed by atoms with Gasteiger partial charge in [-0.3, -0.25) is 4.79 Å². The summed E-state index contributed by atoms with van der Waals surface area (Å²) in [5.74, 6) is -0.247. The molecule has 2 aromatic heterocycles. The molecule has 0 aliphatic heterocycles. The predicted molar refractivity (Wildman–Crippen MR) is 102 cm³/mol. The average Bonchev–Trinajstić information content (AvgIpc) is 3.03. The van der Waals surface area contributed by atoms with E-state index in [2.05, 4.69) is 15.4 Å². The predicted octanol–water partition coefficient (Wildman–Crippen LogP) is 3.30. The van der Waals surface area contributed by atoms with Crippen molar-refractivity contribution >= 4 is 23.2 Å². The molecule has 1 amide bonds. The molecule has 0 unspecified atom stereocenters. The molecule has 134 valence electrons. The Kier molecular flexibility index (Phi) is 4.25. The summed E-state index contributed by atoms with van der Waals surface area (Å²) in [6.45, 7) is 0. The second kappa shape index (κ2) is 6.87. The first kappa shape index (κ1) is 16.7. The smallest absolute Gasteiger partial charge is 0.240 e. The van der Waals surface area contributed by atoms with Gasteiger partial charge in [0.2, 0.25) is 11.9 Å². The zero-order chi connectivity index (χ0) is 18.8. The van der Waals surface area contributed by atoms with Crippen LogP contribution in [-0.2, 0) is 11.2 Å². The van der Waals surface area contributed by atoms with Gasteiger partial charge in [0.1, 0.15) is 5.82 Å². The second-order valence-corrected chi connectivity index (χ2v) is 6.12. The molecule has 0 saturated heterocycles. The zero-order valence-electron chi connectivity index (χ0n) is 14.3. The van der Waals surface area contributed by atoms with E-state index in [1.807, 2.05) is 36.4 Å². The molecule has 0 aliphatic carbocycles. The number of nitrogens with two attached hydrogens (primary N) is 1. The summed E-state index contributed by atoms with van der Waals surface area (Å²) in [6, 6.07) is 17.2. The highest BCUT2D eigenvalue weighted by Crippen LogP contribution is 2.22. The minimum absolute atomic E-state index is 0.158. The number of nitrogens with one attached hydrogen (secondary N) is 1. The molecule has 3 N–H and O–H groups in total. The lowest BCUT2D eigenvalue weighted by molar-refractivity contribution is -0.115. The fourth-order valence-corrected chi connectivity index (χ4v) is 2.82. The summed E-state index contributed by atoms with van der Waals surface area (Å²) in [4.78, 5) is 16.3. The van der Waals surface area contributed by atoms with Gasteiger partial charge in [-0.2, -0.15) is 4.98 Å². The SMILES string of the molecule is Nc1nc2cc(-c3ccc(NC(=O)Cc4ccc(F)cc4)cc3)ccn2n1. The maximum atomic E-state index is 12.9. The Morgan fingerprint density at radius 3 is 2.52 bits per heavy atom. The lowest BCUT2D eigenvalue weighted by atomic mass is 10.1. The second-order valence-electron chi connectivity index (χ2n) is 6.12. The number of nitrogen functional groups attached to an aromatic ring is 1. The highest BCUT2D eigenvalue weighted by Gasteiger charge is 2.06. The summed E-state index contributed by atoms with van der Waals surface area (Å²) in [7, 11) is 0. The molecule has 4 aromatic rings. The summed E-state index contributed by atoms with van der Waals surface area (Å²) in [6.07, 6.45) is 1.99. The Bertz CT molecular complexity index is 1100. The molecule has 0 bridgehead atoms. The summed E-state index contributed by atoms with van der Waals surface area (Å²) < 4.78 is 14.5. The third-order valence-electron chi connectivity index (χ3n) is 4.13. The number of carbonyl (C=O) groups is 1. The number of rotatable bonds is 4. The number of pyridine rings is 1. The van der Waals surface area contributed by atoms with Crippen molar-refractivity contribution in [2.75, 3.05) is 11.1 Å². The van der Waals surface area contributed by atoms with Crippen molar-refractivity contribution < 1.29 is 9.18 Å². The zero-order valence-corrected chi connectivity index (χ0v) is 14.3. The van der Waals surface area contributed by atoms with Crippen LogP contribution in [0.25, 0.3) is 16.8 Å². The number of nitrogens with zero attached hydrogens (tertiary/aromatic N) is 3. The number of anilines is 2. The van der Waals surface area contributed by atoms with Crippen LogP contribution < -0.4 is 11.1 Å². The van der Waals surface area contributed by atoms with E-state index in [0.717, 1.165) is 16.7 Å². The Morgan fingerprint density at radius 2 is 1.78 bits per heavy atom. The first-order chi connectivity index (χ1) is 13.1. The first-order valence-electron chi connectivity index (χ1n) is 8.33. The highest BCUT2D eigenvalue weighted by molar-refractivity contribution is 5.92. The Balaban J connectivity index is 1.46. The molecule has 0 fully saturated rings. The summed E-state index contributed by atoms with van der Waals surface area (Å²) in [5.41, 5.74) is 9.68. The number of hydrogen-bond acceptors (Lipinski definition) is 4. The van der Waals surface area contributed by atoms with Gasteiger partial charge in [-0.1, -0.05) is 24.3 Å². The molecular weight excluding hydrogens is 345 g/mol. The van der Waals surface area contributed by atoms with Crippen LogP contribution in [0.2, 0.25) is 0 Å². The molecule has 0 aliphatic rings. The van der Waals surface area contributed by atoms with Crippen molar-refractivity contribution in [3.05, 3.63) is 78.2 Å². The van der Waals surface area contributed by atoms with Crippen LogP contribution in [0, 0.1) is 5.82 Å². The quantitative estimate of drug-likeness (QED) is 0.584. The van der Waals surface area contributed by atoms with Crippen molar-refractivity contribution in [1.82, 2.24) is 14.6 Å². The van der Waals surface area contributed by atoms with Crippen molar-refractivity contribution in [3.8, 4) is 11.1 Å². The fraction of sp³-hybridized carbons (Fsp3) is 0.0500. The van der Waals surface area contributed by atoms with E-state index >= 15 is 0 Å². The molecule has 0 atom stereocenters. The Morgan fingerprint density at radius 1 is 1.04 bits per heavy atom. The third kappa shape index (κ3) is 3.77. The fourth-order valence-electron chi connectivity index (χ4n) is 2.82. The van der Waals surface area contributed by atoms with Gasteiger partial charge in [0, 0.05) is 11.9 Å². The standard InChI is InChI=1S/C20H16FN5O/c21-16-5-1-13(2-6-16)11-19(27)23-17-7-3-14(4-8-17)15-9-10-26-18(12-15)24-20(22)25-26/h1-10,12H,11H2,(H2,22,25)(H,23,27). The van der Waals surface area contributed by atoms with E-state index in [0.29, 0.717) is 11.3 Å². The van der Waals surface area contributed by atoms with Crippen molar-refractivity contribution in [2.24, 2.45) is 0 Å². The number of fused-ring (bicyclic) bond motifs is 1. The average molecular weight is 361 g/mol. The molecule has 0 spiro atoms. The van der Waals surface area contributed by atoms with E-state index in [4.69, 9.17) is 5.73 Å². The minimum Gasteiger partial charge on any atom is -0.366 e. The maximum Gasteiger partial charge on any atom is 0.240 e. The molecule has 0 saturated carbocycles. The topological polar surface area (TPSA) is 85.3 Å². The van der Waals surface area contributed by atoms with Gasteiger partial charge in [0.05, 0.1) is 6.42 Å². The van der Waals surface area contributed by atoms with Crippen molar-refractivity contribution in [3.63, 3.8) is 0 Å². The third-order valence-corrected chi connectivity index (χ3v) is 4.13. The van der Waals surface area contributed by atoms with Crippen molar-refractivity contribution in [2.45, 2.75) is 6.42 Å². The lowest BCUT2D eigenvalue weighted by Gasteiger charge is -2.07. The van der Waals surface area contributed by atoms with E-state index in [1.165, 1.54) is 12.1 Å². The van der Waals surface area contributed by atoms with E-state index < -0.39 is 0 Å². The maximum absolute atomic E-state index is 12.9. The summed E-state index contributed by atoms with van der Waals surface area (Å²) >= 11 is 0. The Labute approximate surface area is 154 Å². The van der Waals surface area contributed by atoms with Crippen LogP contribution in [-0.4, -0.2) is 20.5 Å². The normalized spacial score (nSPS) is 10.9. The largest absolute Gasteiger partial charge is 0.366 e. The van der Waals surface area contributed by atoms with Crippen LogP contribution in [0.4, 0.5) is 16.0 Å². The minimum atomic E-state index is -0.318. The molecule has 4 rings (SSSR count). The number of benzene rings is 2. The number of carbonyl (C=O) groups excluding carboxylic acids is 1. The summed E-state index contributed by atoms with van der Waals surface area (Å²) in [5, 5.41) is 6.89. The van der Waals surface area contributed by atoms with Crippen LogP contribution >= 0.6 is 0 Å². The van der Waals surface area contributed by atoms with Crippen LogP contribution in [0.1, 0.15) is 5.56 Å². The van der Waals surface area contributed by atoms with Gasteiger partial charge in [-0.15, -0.1) is 5.10 Å². The Hall–Kier alpha value is -3.74. The molecular formula is C20H16FN5O. The van der Waals surface area contributed by atoms with Gasteiger partial charge < -0.3 is 11.1 Å². The van der Waals surface area contributed by atoms with Gasteiger partial charge in [-0.25, -0.2) is 8.91 Å². The molecule has 2 heterocycles. The first-order valence-corrected chi connectivity index (χ1v) is 8.33. The van der Waals surface area contributed by atoms with Crippen molar-refractivity contribution in [1.29, 1.82) is 0 Å². The van der Waals surface area contributed by atoms with E-state index in [9.17, 15) is 9.18 Å². The molecule has 27 heavy (non-hydrogen) atoms.